The van der Waals surface area contributed by atoms with Crippen molar-refractivity contribution in [2.24, 2.45) is 0 Å². The molecule has 9 nitrogen and oxygen atoms in total. The highest BCUT2D eigenvalue weighted by Crippen LogP contribution is 2.37. The molecule has 44 heavy (non-hydrogen) atoms. The van der Waals surface area contributed by atoms with Crippen LogP contribution in [0.15, 0.2) is 36.4 Å². The molecule has 3 aromatic rings. The molecule has 0 unspecified atom stereocenters. The zero-order chi connectivity index (χ0) is 30.8. The van der Waals surface area contributed by atoms with Gasteiger partial charge in [-0.05, 0) is 57.2 Å². The second kappa shape index (κ2) is 13.2. The van der Waals surface area contributed by atoms with Crippen LogP contribution in [-0.2, 0) is 17.8 Å². The summed E-state index contributed by atoms with van der Waals surface area (Å²) in [6.07, 6.45) is 3.78. The highest BCUT2D eigenvalue weighted by molar-refractivity contribution is 6.36. The largest absolute Gasteiger partial charge is 0.462 e. The lowest BCUT2D eigenvalue weighted by molar-refractivity contribution is -0.133. The van der Waals surface area contributed by atoms with E-state index < -0.39 is 0 Å². The molecule has 4 heterocycles. The van der Waals surface area contributed by atoms with Gasteiger partial charge in [-0.25, -0.2) is 0 Å². The van der Waals surface area contributed by atoms with Gasteiger partial charge in [0.05, 0.1) is 35.8 Å². The van der Waals surface area contributed by atoms with E-state index in [1.807, 2.05) is 24.0 Å². The van der Waals surface area contributed by atoms with E-state index in [9.17, 15) is 10.1 Å². The van der Waals surface area contributed by atoms with Crippen molar-refractivity contribution in [3.63, 3.8) is 0 Å². The fourth-order valence-electron chi connectivity index (χ4n) is 7.21. The molecule has 1 amide bonds. The van der Waals surface area contributed by atoms with Crippen LogP contribution in [-0.4, -0.2) is 83.1 Å². The predicted molar refractivity (Wildman–Crippen MR) is 174 cm³/mol. The van der Waals surface area contributed by atoms with Crippen molar-refractivity contribution in [3.8, 4) is 12.1 Å². The van der Waals surface area contributed by atoms with Crippen molar-refractivity contribution in [1.82, 2.24) is 19.8 Å². The van der Waals surface area contributed by atoms with E-state index in [2.05, 4.69) is 58.9 Å². The first-order valence-corrected chi connectivity index (χ1v) is 16.4. The lowest BCUT2D eigenvalue weighted by Crippen LogP contribution is -2.55. The lowest BCUT2D eigenvalue weighted by atomic mass is 10.0. The van der Waals surface area contributed by atoms with Crippen LogP contribution in [0.25, 0.3) is 10.8 Å². The average Bonchev–Trinajstić information content (AvgIpc) is 3.52. The third-order valence-electron chi connectivity index (χ3n) is 9.42. The van der Waals surface area contributed by atoms with E-state index in [0.717, 1.165) is 64.5 Å². The van der Waals surface area contributed by atoms with Crippen molar-refractivity contribution in [2.45, 2.75) is 77.5 Å². The van der Waals surface area contributed by atoms with Crippen LogP contribution in [0.1, 0.15) is 57.7 Å². The van der Waals surface area contributed by atoms with Gasteiger partial charge in [0.15, 0.2) is 0 Å². The van der Waals surface area contributed by atoms with E-state index in [4.69, 9.17) is 26.3 Å². The number of amides is 1. The molecule has 0 N–H and O–H groups in total. The zero-order valence-corrected chi connectivity index (χ0v) is 26.8. The molecular formula is C34H42ClN7O2. The maximum Gasteiger partial charge on any atom is 0.318 e. The summed E-state index contributed by atoms with van der Waals surface area (Å²) in [4.78, 5) is 31.7. The smallest absolute Gasteiger partial charge is 0.318 e. The molecule has 232 valence electrons. The highest BCUT2D eigenvalue weighted by atomic mass is 35.5. The number of hydrogen-bond acceptors (Lipinski definition) is 8. The average molecular weight is 616 g/mol. The first-order chi connectivity index (χ1) is 21.4. The number of fused-ring (bicyclic) bond motifs is 2. The Hall–Kier alpha value is -3.61. The molecule has 3 aliphatic heterocycles. The van der Waals surface area contributed by atoms with Crippen LogP contribution in [0, 0.1) is 11.3 Å². The van der Waals surface area contributed by atoms with Crippen molar-refractivity contribution in [1.29, 1.82) is 5.26 Å². The van der Waals surface area contributed by atoms with Gasteiger partial charge in [0.1, 0.15) is 12.4 Å². The Bertz CT molecular complexity index is 1550. The number of halogens is 1. The Morgan fingerprint density at radius 1 is 1.09 bits per heavy atom. The number of nitriles is 1. The Morgan fingerprint density at radius 2 is 1.91 bits per heavy atom. The minimum atomic E-state index is -0.174. The van der Waals surface area contributed by atoms with Crippen molar-refractivity contribution in [3.05, 3.63) is 52.7 Å². The van der Waals surface area contributed by atoms with Crippen LogP contribution < -0.4 is 14.5 Å². The molecule has 10 heteroatoms. The summed E-state index contributed by atoms with van der Waals surface area (Å²) in [5, 5.41) is 12.5. The highest BCUT2D eigenvalue weighted by Gasteiger charge is 2.34. The molecule has 2 fully saturated rings. The van der Waals surface area contributed by atoms with Gasteiger partial charge in [0.25, 0.3) is 0 Å². The third kappa shape index (κ3) is 6.02. The van der Waals surface area contributed by atoms with Gasteiger partial charge in [0, 0.05) is 61.3 Å². The van der Waals surface area contributed by atoms with Crippen LogP contribution in [0.2, 0.25) is 5.02 Å². The van der Waals surface area contributed by atoms with Gasteiger partial charge in [0.2, 0.25) is 5.91 Å². The van der Waals surface area contributed by atoms with E-state index in [1.165, 1.54) is 6.42 Å². The summed E-state index contributed by atoms with van der Waals surface area (Å²) < 4.78 is 6.40. The van der Waals surface area contributed by atoms with Crippen LogP contribution in [0.3, 0.4) is 0 Å². The van der Waals surface area contributed by atoms with Crippen molar-refractivity contribution >= 4 is 39.8 Å². The first kappa shape index (κ1) is 30.4. The number of carbonyl (C=O) groups excluding carboxylic acids is 1. The van der Waals surface area contributed by atoms with Crippen molar-refractivity contribution < 1.29 is 9.53 Å². The second-order valence-electron chi connectivity index (χ2n) is 12.4. The number of rotatable bonds is 8. The minimum Gasteiger partial charge on any atom is -0.462 e. The lowest BCUT2D eigenvalue weighted by Gasteiger charge is -2.42. The summed E-state index contributed by atoms with van der Waals surface area (Å²) in [5.41, 5.74) is 3.17. The van der Waals surface area contributed by atoms with E-state index in [0.29, 0.717) is 63.7 Å². The fourth-order valence-corrected chi connectivity index (χ4v) is 7.49. The Kier molecular flexibility index (Phi) is 9.11. The standard InChI is InChI=1S/C34H42ClN7O2/c1-4-31(43)42-19-18-40(20-25(42)13-15-36)33-27-14-17-39(30-12-6-9-24-8-5-11-28(35)32(24)30)21-29(27)37-34(38-33)44-22-26-10-7-16-41(26)23(2)3/h5-6,8-9,11-12,23,25-26H,4,7,10,13-14,16-22H2,1-3H3/t25-,26+/m1/s1. The van der Waals surface area contributed by atoms with Gasteiger partial charge >= 0.3 is 6.01 Å². The summed E-state index contributed by atoms with van der Waals surface area (Å²) in [5.74, 6) is 0.966. The maximum atomic E-state index is 12.7. The molecule has 0 bridgehead atoms. The number of nitrogens with zero attached hydrogens (tertiary/aromatic N) is 7. The number of aromatic nitrogens is 2. The monoisotopic (exact) mass is 615 g/mol. The molecule has 6 rings (SSSR count). The normalized spacial score (nSPS) is 20.7. The molecule has 0 radical (unpaired) electrons. The summed E-state index contributed by atoms with van der Waals surface area (Å²) in [6, 6.07) is 15.7. The van der Waals surface area contributed by atoms with Crippen LogP contribution in [0.5, 0.6) is 6.01 Å². The molecule has 2 saturated heterocycles. The molecule has 0 spiro atoms. The molecule has 2 aromatic carbocycles. The van der Waals surface area contributed by atoms with Gasteiger partial charge in [-0.3, -0.25) is 9.69 Å². The second-order valence-corrected chi connectivity index (χ2v) is 12.8. The summed E-state index contributed by atoms with van der Waals surface area (Å²) >= 11 is 6.72. The van der Waals surface area contributed by atoms with Gasteiger partial charge in [-0.1, -0.05) is 42.8 Å². The minimum absolute atomic E-state index is 0.0919. The molecule has 0 saturated carbocycles. The van der Waals surface area contributed by atoms with Gasteiger partial charge in [-0.2, -0.15) is 15.2 Å². The first-order valence-electron chi connectivity index (χ1n) is 16.0. The SMILES string of the molecule is CCC(=O)N1CCN(c2nc(OC[C@@H]3CCCN3C(C)C)nc3c2CCN(c2cccc4cccc(Cl)c24)C3)C[C@H]1CC#N. The number of benzene rings is 2. The topological polar surface area (TPSA) is 88.8 Å². The third-order valence-corrected chi connectivity index (χ3v) is 9.73. The Morgan fingerprint density at radius 3 is 2.68 bits per heavy atom. The fraction of sp³-hybridized carbons (Fsp3) is 0.529. The number of piperazine rings is 1. The number of hydrogen-bond donors (Lipinski definition) is 0. The van der Waals surface area contributed by atoms with E-state index in [-0.39, 0.29) is 11.9 Å². The molecule has 2 atom stereocenters. The molecule has 3 aliphatic rings. The van der Waals surface area contributed by atoms with E-state index >= 15 is 0 Å². The predicted octanol–water partition coefficient (Wildman–Crippen LogP) is 5.44. The summed E-state index contributed by atoms with van der Waals surface area (Å²) in [6.45, 7) is 11.2. The number of ether oxygens (including phenoxy) is 1. The Labute approximate surface area is 265 Å². The molecular weight excluding hydrogens is 574 g/mol. The quantitative estimate of drug-likeness (QED) is 0.331. The van der Waals surface area contributed by atoms with Crippen molar-refractivity contribution in [2.75, 3.05) is 49.1 Å². The Balaban J connectivity index is 1.33. The van der Waals surface area contributed by atoms with Gasteiger partial charge in [-0.15, -0.1) is 0 Å². The molecule has 1 aromatic heterocycles. The maximum absolute atomic E-state index is 12.7. The van der Waals surface area contributed by atoms with Crippen LogP contribution in [0.4, 0.5) is 11.5 Å². The molecule has 0 aliphatic carbocycles. The number of likely N-dealkylation sites (tertiary alicyclic amines) is 1. The van der Waals surface area contributed by atoms with Crippen LogP contribution >= 0.6 is 11.6 Å². The van der Waals surface area contributed by atoms with Gasteiger partial charge < -0.3 is 19.4 Å². The zero-order valence-electron chi connectivity index (χ0n) is 26.0. The summed E-state index contributed by atoms with van der Waals surface area (Å²) in [7, 11) is 0. The van der Waals surface area contributed by atoms with E-state index in [1.54, 1.807) is 0 Å². The number of carbonyl (C=O) groups is 1. The number of anilines is 2.